The molecular weight excluding hydrogens is 164 g/mol. The highest BCUT2D eigenvalue weighted by Gasteiger charge is 2.02. The molecule has 2 nitrogen and oxygen atoms in total. The van der Waals surface area contributed by atoms with Crippen LogP contribution >= 0.6 is 0 Å². The molecule has 13 heavy (non-hydrogen) atoms. The van der Waals surface area contributed by atoms with Crippen LogP contribution in [-0.4, -0.2) is 16.8 Å². The van der Waals surface area contributed by atoms with Gasteiger partial charge in [-0.2, -0.15) is 0 Å². The van der Waals surface area contributed by atoms with Crippen molar-refractivity contribution in [3.05, 3.63) is 35.9 Å². The highest BCUT2D eigenvalue weighted by molar-refractivity contribution is 5.16. The van der Waals surface area contributed by atoms with Crippen molar-refractivity contribution >= 4 is 0 Å². The number of aliphatic hydroxyl groups is 2. The SMILES string of the molecule is CCC.OCC(O)c1ccccc1. The van der Waals surface area contributed by atoms with E-state index in [1.807, 2.05) is 18.2 Å². The first-order valence-corrected chi connectivity index (χ1v) is 4.60. The number of rotatable bonds is 2. The minimum absolute atomic E-state index is 0.218. The molecule has 0 radical (unpaired) electrons. The third-order valence-corrected chi connectivity index (χ3v) is 1.36. The van der Waals surface area contributed by atoms with E-state index >= 15 is 0 Å². The lowest BCUT2D eigenvalue weighted by atomic mass is 10.1. The van der Waals surface area contributed by atoms with Crippen molar-refractivity contribution in [2.45, 2.75) is 26.4 Å². The van der Waals surface area contributed by atoms with Gasteiger partial charge in [0.1, 0.15) is 6.10 Å². The van der Waals surface area contributed by atoms with Crippen LogP contribution in [0.25, 0.3) is 0 Å². The zero-order chi connectivity index (χ0) is 10.1. The average molecular weight is 182 g/mol. The lowest BCUT2D eigenvalue weighted by Gasteiger charge is -2.05. The van der Waals surface area contributed by atoms with Gasteiger partial charge in [0.05, 0.1) is 6.61 Å². The van der Waals surface area contributed by atoms with E-state index in [1.165, 1.54) is 6.42 Å². The summed E-state index contributed by atoms with van der Waals surface area (Å²) in [6.07, 6.45) is 0.515. The molecule has 0 heterocycles. The summed E-state index contributed by atoms with van der Waals surface area (Å²) in [4.78, 5) is 0. The summed E-state index contributed by atoms with van der Waals surface area (Å²) in [5, 5.41) is 17.6. The zero-order valence-electron chi connectivity index (χ0n) is 8.27. The van der Waals surface area contributed by atoms with Crippen LogP contribution in [0.4, 0.5) is 0 Å². The Labute approximate surface area is 79.9 Å². The summed E-state index contributed by atoms with van der Waals surface area (Å²) in [6, 6.07) is 9.08. The van der Waals surface area contributed by atoms with Gasteiger partial charge in [0, 0.05) is 0 Å². The van der Waals surface area contributed by atoms with Gasteiger partial charge in [-0.3, -0.25) is 0 Å². The lowest BCUT2D eigenvalue weighted by Crippen LogP contribution is -2.01. The Balaban J connectivity index is 0.000000424. The molecule has 0 aliphatic heterocycles. The Hall–Kier alpha value is -0.860. The summed E-state index contributed by atoms with van der Waals surface area (Å²) in [5.41, 5.74) is 0.755. The first-order chi connectivity index (χ1) is 6.26. The molecule has 1 rings (SSSR count). The second-order valence-corrected chi connectivity index (χ2v) is 2.82. The van der Waals surface area contributed by atoms with E-state index in [2.05, 4.69) is 13.8 Å². The van der Waals surface area contributed by atoms with Crippen LogP contribution < -0.4 is 0 Å². The normalized spacial score (nSPS) is 11.4. The Morgan fingerprint density at radius 3 is 2.00 bits per heavy atom. The van der Waals surface area contributed by atoms with Gasteiger partial charge in [-0.1, -0.05) is 50.6 Å². The molecule has 0 spiro atoms. The molecule has 0 bridgehead atoms. The van der Waals surface area contributed by atoms with Crippen molar-refractivity contribution in [2.24, 2.45) is 0 Å². The van der Waals surface area contributed by atoms with Crippen LogP contribution in [0.1, 0.15) is 31.9 Å². The zero-order valence-corrected chi connectivity index (χ0v) is 8.27. The molecule has 0 saturated carbocycles. The molecule has 1 aromatic carbocycles. The van der Waals surface area contributed by atoms with Gasteiger partial charge in [0.25, 0.3) is 0 Å². The summed E-state index contributed by atoms with van der Waals surface area (Å²) >= 11 is 0. The molecule has 0 saturated heterocycles. The largest absolute Gasteiger partial charge is 0.393 e. The fraction of sp³-hybridized carbons (Fsp3) is 0.455. The van der Waals surface area contributed by atoms with Gasteiger partial charge >= 0.3 is 0 Å². The maximum absolute atomic E-state index is 9.08. The topological polar surface area (TPSA) is 40.5 Å². The van der Waals surface area contributed by atoms with Crippen LogP contribution in [-0.2, 0) is 0 Å². The molecule has 0 aliphatic carbocycles. The van der Waals surface area contributed by atoms with E-state index < -0.39 is 6.10 Å². The van der Waals surface area contributed by atoms with E-state index in [0.717, 1.165) is 5.56 Å². The molecule has 0 aliphatic rings. The molecule has 1 atom stereocenters. The van der Waals surface area contributed by atoms with Gasteiger partial charge in [0.2, 0.25) is 0 Å². The monoisotopic (exact) mass is 182 g/mol. The molecule has 0 aromatic heterocycles. The first-order valence-electron chi connectivity index (χ1n) is 4.60. The molecule has 2 N–H and O–H groups in total. The summed E-state index contributed by atoms with van der Waals surface area (Å²) in [5.74, 6) is 0. The minimum Gasteiger partial charge on any atom is -0.393 e. The second kappa shape index (κ2) is 7.77. The van der Waals surface area contributed by atoms with E-state index in [9.17, 15) is 0 Å². The molecule has 0 fully saturated rings. The van der Waals surface area contributed by atoms with Crippen molar-refractivity contribution < 1.29 is 10.2 Å². The highest BCUT2D eigenvalue weighted by atomic mass is 16.3. The Kier molecular flexibility index (Phi) is 7.26. The van der Waals surface area contributed by atoms with Gasteiger partial charge in [-0.25, -0.2) is 0 Å². The van der Waals surface area contributed by atoms with Crippen LogP contribution in [0, 0.1) is 0 Å². The van der Waals surface area contributed by atoms with Crippen molar-refractivity contribution in [1.29, 1.82) is 0 Å². The third-order valence-electron chi connectivity index (χ3n) is 1.36. The molecular formula is C11H18O2. The van der Waals surface area contributed by atoms with E-state index in [1.54, 1.807) is 12.1 Å². The predicted octanol–water partition coefficient (Wildman–Crippen LogP) is 2.13. The van der Waals surface area contributed by atoms with E-state index in [0.29, 0.717) is 0 Å². The van der Waals surface area contributed by atoms with E-state index in [4.69, 9.17) is 10.2 Å². The molecule has 1 aromatic rings. The Bertz CT molecular complexity index is 197. The number of benzene rings is 1. The number of hydrogen-bond acceptors (Lipinski definition) is 2. The number of hydrogen-bond donors (Lipinski definition) is 2. The van der Waals surface area contributed by atoms with Crippen LogP contribution in [0.3, 0.4) is 0 Å². The molecule has 74 valence electrons. The van der Waals surface area contributed by atoms with Crippen LogP contribution in [0.5, 0.6) is 0 Å². The van der Waals surface area contributed by atoms with Crippen molar-refractivity contribution in [1.82, 2.24) is 0 Å². The first kappa shape index (κ1) is 12.1. The molecule has 2 heteroatoms. The van der Waals surface area contributed by atoms with Crippen molar-refractivity contribution in [3.63, 3.8) is 0 Å². The van der Waals surface area contributed by atoms with Gasteiger partial charge in [0.15, 0.2) is 0 Å². The van der Waals surface area contributed by atoms with Gasteiger partial charge in [-0.05, 0) is 5.56 Å². The maximum atomic E-state index is 9.08. The summed E-state index contributed by atoms with van der Waals surface area (Å²) in [7, 11) is 0. The van der Waals surface area contributed by atoms with E-state index in [-0.39, 0.29) is 6.61 Å². The summed E-state index contributed by atoms with van der Waals surface area (Å²) in [6.45, 7) is 4.03. The lowest BCUT2D eigenvalue weighted by molar-refractivity contribution is 0.0956. The summed E-state index contributed by atoms with van der Waals surface area (Å²) < 4.78 is 0. The standard InChI is InChI=1S/C8H10O2.C3H8/c9-6-8(10)7-4-2-1-3-5-7;1-3-2/h1-5,8-10H,6H2;3H2,1-2H3. The highest BCUT2D eigenvalue weighted by Crippen LogP contribution is 2.09. The van der Waals surface area contributed by atoms with Gasteiger partial charge < -0.3 is 10.2 Å². The molecule has 0 amide bonds. The third kappa shape index (κ3) is 5.39. The average Bonchev–Trinajstić information content (AvgIpc) is 2.19. The minimum atomic E-state index is -0.735. The van der Waals surface area contributed by atoms with Crippen LogP contribution in [0.2, 0.25) is 0 Å². The quantitative estimate of drug-likeness (QED) is 0.735. The Morgan fingerprint density at radius 1 is 1.15 bits per heavy atom. The maximum Gasteiger partial charge on any atom is 0.102 e. The number of aliphatic hydroxyl groups excluding tert-OH is 2. The molecule has 1 unspecified atom stereocenters. The Morgan fingerprint density at radius 2 is 1.62 bits per heavy atom. The second-order valence-electron chi connectivity index (χ2n) is 2.82. The van der Waals surface area contributed by atoms with Crippen molar-refractivity contribution in [3.8, 4) is 0 Å². The fourth-order valence-electron chi connectivity index (χ4n) is 0.781. The fourth-order valence-corrected chi connectivity index (χ4v) is 0.781. The van der Waals surface area contributed by atoms with Gasteiger partial charge in [-0.15, -0.1) is 0 Å². The van der Waals surface area contributed by atoms with Crippen LogP contribution in [0.15, 0.2) is 30.3 Å². The predicted molar refractivity (Wildman–Crippen MR) is 54.5 cm³/mol. The smallest absolute Gasteiger partial charge is 0.102 e. The van der Waals surface area contributed by atoms with Crippen molar-refractivity contribution in [2.75, 3.05) is 6.61 Å².